The number of fused-ring (bicyclic) bond motifs is 5. The summed E-state index contributed by atoms with van der Waals surface area (Å²) < 4.78 is 6.32. The molecule has 0 unspecified atom stereocenters. The zero-order valence-corrected chi connectivity index (χ0v) is 28.4. The molecule has 0 aromatic carbocycles. The largest absolute Gasteiger partial charge is 0.462 e. The van der Waals surface area contributed by atoms with Gasteiger partial charge < -0.3 is 14.9 Å². The van der Waals surface area contributed by atoms with Crippen LogP contribution >= 0.6 is 0 Å². The van der Waals surface area contributed by atoms with Crippen molar-refractivity contribution >= 4 is 17.5 Å². The second-order valence-electron chi connectivity index (χ2n) is 15.0. The number of Topliss-reactive ketones (excluding diaryl/α,β-unsaturated/α-hetero) is 1. The molecule has 4 aliphatic carbocycles. The van der Waals surface area contributed by atoms with Gasteiger partial charge in [0.05, 0.1) is 0 Å². The quantitative estimate of drug-likeness (QED) is 0.0907. The van der Waals surface area contributed by atoms with Crippen molar-refractivity contribution in [3.8, 4) is 0 Å². The van der Waals surface area contributed by atoms with Crippen LogP contribution in [0.25, 0.3) is 0 Å². The highest BCUT2D eigenvalue weighted by Gasteiger charge is 2.68. The summed E-state index contributed by atoms with van der Waals surface area (Å²) in [5.74, 6) is -0.554. The summed E-state index contributed by atoms with van der Waals surface area (Å²) in [6.45, 7) is 5.69. The van der Waals surface area contributed by atoms with Gasteiger partial charge in [0, 0.05) is 23.2 Å². The molecule has 6 heteroatoms. The van der Waals surface area contributed by atoms with Crippen molar-refractivity contribution in [2.45, 2.75) is 154 Å². The fourth-order valence-electron chi connectivity index (χ4n) is 9.56. The monoisotopic (exact) mass is 624 g/mol. The van der Waals surface area contributed by atoms with Crippen LogP contribution < -0.4 is 0 Å². The van der Waals surface area contributed by atoms with Crippen molar-refractivity contribution in [2.24, 2.45) is 28.6 Å². The minimum Gasteiger partial charge on any atom is -0.462 e. The van der Waals surface area contributed by atoms with Gasteiger partial charge in [-0.15, -0.1) is 0 Å². The molecule has 0 bridgehead atoms. The number of carbonyl (C=O) groups excluding carboxylic acids is 3. The molecule has 0 heterocycles. The summed E-state index contributed by atoms with van der Waals surface area (Å²) in [5.41, 5.74) is -1.72. The number of aliphatic hydroxyl groups is 2. The van der Waals surface area contributed by atoms with Gasteiger partial charge in [-0.3, -0.25) is 14.4 Å². The van der Waals surface area contributed by atoms with E-state index >= 15 is 0 Å². The van der Waals surface area contributed by atoms with Crippen molar-refractivity contribution in [3.05, 3.63) is 36.0 Å². The van der Waals surface area contributed by atoms with E-state index in [1.807, 2.05) is 13.0 Å². The fraction of sp³-hybridized carbons (Fsp3) is 0.769. The van der Waals surface area contributed by atoms with E-state index in [9.17, 15) is 24.6 Å². The van der Waals surface area contributed by atoms with Crippen LogP contribution in [0.15, 0.2) is 36.0 Å². The lowest BCUT2D eigenvalue weighted by Gasteiger charge is -2.60. The number of rotatable bonds is 18. The Morgan fingerprint density at radius 2 is 1.60 bits per heavy atom. The van der Waals surface area contributed by atoms with E-state index in [1.54, 1.807) is 12.2 Å². The maximum Gasteiger partial charge on any atom is 0.306 e. The first-order valence-corrected chi connectivity index (χ1v) is 18.3. The molecule has 3 fully saturated rings. The molecule has 0 spiro atoms. The first kappa shape index (κ1) is 35.8. The molecule has 7 atom stereocenters. The SMILES string of the molecule is CCCCCCCC/C=C/CCCCCCCC(=O)O[C@H]1C[C@@]2(C)[C@@H](CC[C@]2(O)C(=O)CO)[C@@H]2CCC3=CC(=O)C=C[C@]3(C)[C@H]21. The number of ether oxygens (including phenoxy) is 1. The molecule has 0 radical (unpaired) electrons. The average Bonchev–Trinajstić information content (AvgIpc) is 3.29. The predicted octanol–water partition coefficient (Wildman–Crippen LogP) is 8.15. The van der Waals surface area contributed by atoms with Crippen LogP contribution in [-0.2, 0) is 19.1 Å². The topological polar surface area (TPSA) is 101 Å². The fourth-order valence-corrected chi connectivity index (χ4v) is 9.56. The Morgan fingerprint density at radius 3 is 2.27 bits per heavy atom. The summed E-state index contributed by atoms with van der Waals surface area (Å²) in [5, 5.41) is 21.5. The van der Waals surface area contributed by atoms with Gasteiger partial charge >= 0.3 is 5.97 Å². The third-order valence-electron chi connectivity index (χ3n) is 12.2. The van der Waals surface area contributed by atoms with Crippen LogP contribution in [0.4, 0.5) is 0 Å². The minimum atomic E-state index is -1.62. The molecule has 0 aliphatic heterocycles. The Labute approximate surface area is 272 Å². The molecule has 0 amide bonds. The standard InChI is InChI=1S/C39H60O6/c1-4-5-6-7-8-9-10-11-12-13-14-15-16-17-18-19-35(43)45-33-27-38(3)32(23-25-39(38,44)34(42)28-40)31-21-20-29-26-30(41)22-24-37(29,2)36(31)33/h11-12,22,24,26,31-33,36,40,44H,4-10,13-21,23,25,27-28H2,1-3H3/b12-11+/t31-,32-,33-,36+,37-,38-,39-/m0/s1. The van der Waals surface area contributed by atoms with Gasteiger partial charge in [-0.25, -0.2) is 0 Å². The lowest BCUT2D eigenvalue weighted by Crippen LogP contribution is -2.62. The number of aliphatic hydroxyl groups excluding tert-OH is 1. The molecular weight excluding hydrogens is 564 g/mol. The van der Waals surface area contributed by atoms with Crippen molar-refractivity contribution in [2.75, 3.05) is 6.61 Å². The normalized spacial score (nSPS) is 33.9. The Kier molecular flexibility index (Phi) is 12.9. The van der Waals surface area contributed by atoms with E-state index in [-0.39, 0.29) is 29.5 Å². The van der Waals surface area contributed by atoms with E-state index in [2.05, 4.69) is 26.0 Å². The van der Waals surface area contributed by atoms with Crippen LogP contribution in [0.3, 0.4) is 0 Å². The molecule has 4 rings (SSSR count). The van der Waals surface area contributed by atoms with Gasteiger partial charge in [0.1, 0.15) is 18.3 Å². The molecule has 3 saturated carbocycles. The van der Waals surface area contributed by atoms with E-state index in [4.69, 9.17) is 4.74 Å². The first-order valence-electron chi connectivity index (χ1n) is 18.3. The van der Waals surface area contributed by atoms with Gasteiger partial charge in [-0.05, 0) is 88.2 Å². The molecule has 4 aliphatic rings. The number of carbonyl (C=O) groups is 3. The second kappa shape index (κ2) is 16.2. The molecule has 252 valence electrons. The highest BCUT2D eigenvalue weighted by atomic mass is 16.5. The number of esters is 1. The van der Waals surface area contributed by atoms with E-state index in [0.29, 0.717) is 25.7 Å². The average molecular weight is 625 g/mol. The zero-order chi connectivity index (χ0) is 32.5. The maximum atomic E-state index is 13.3. The third kappa shape index (κ3) is 7.92. The highest BCUT2D eigenvalue weighted by Crippen LogP contribution is 2.67. The van der Waals surface area contributed by atoms with Gasteiger partial charge in [-0.2, -0.15) is 0 Å². The molecule has 0 aromatic heterocycles. The summed E-state index contributed by atoms with van der Waals surface area (Å²) in [7, 11) is 0. The minimum absolute atomic E-state index is 0.00286. The molecule has 6 nitrogen and oxygen atoms in total. The van der Waals surface area contributed by atoms with Gasteiger partial charge in [-0.1, -0.05) is 95.9 Å². The molecule has 0 aromatic rings. The summed E-state index contributed by atoms with van der Waals surface area (Å²) in [4.78, 5) is 38.5. The van der Waals surface area contributed by atoms with Gasteiger partial charge in [0.25, 0.3) is 0 Å². The Balaban J connectivity index is 1.28. The number of hydrogen-bond acceptors (Lipinski definition) is 6. The third-order valence-corrected chi connectivity index (χ3v) is 12.2. The maximum absolute atomic E-state index is 13.3. The van der Waals surface area contributed by atoms with Crippen molar-refractivity contribution in [1.29, 1.82) is 0 Å². The van der Waals surface area contributed by atoms with Crippen molar-refractivity contribution < 1.29 is 29.3 Å². The number of hydrogen-bond donors (Lipinski definition) is 2. The smallest absolute Gasteiger partial charge is 0.306 e. The van der Waals surface area contributed by atoms with Crippen molar-refractivity contribution in [1.82, 2.24) is 0 Å². The van der Waals surface area contributed by atoms with Crippen LogP contribution in [0, 0.1) is 28.6 Å². The summed E-state index contributed by atoms with van der Waals surface area (Å²) in [6, 6.07) is 0. The Bertz CT molecular complexity index is 1120. The lowest BCUT2D eigenvalue weighted by atomic mass is 9.46. The van der Waals surface area contributed by atoms with Gasteiger partial charge in [0.2, 0.25) is 0 Å². The second-order valence-corrected chi connectivity index (χ2v) is 15.0. The predicted molar refractivity (Wildman–Crippen MR) is 178 cm³/mol. The van der Waals surface area contributed by atoms with Crippen molar-refractivity contribution in [3.63, 3.8) is 0 Å². The lowest BCUT2D eigenvalue weighted by molar-refractivity contribution is -0.192. The molecule has 0 saturated heterocycles. The van der Waals surface area contributed by atoms with E-state index < -0.39 is 34.9 Å². The number of unbranched alkanes of at least 4 members (excludes halogenated alkanes) is 11. The first-order chi connectivity index (χ1) is 21.6. The van der Waals surface area contributed by atoms with E-state index in [0.717, 1.165) is 44.1 Å². The Morgan fingerprint density at radius 1 is 0.956 bits per heavy atom. The molecule has 45 heavy (non-hydrogen) atoms. The molecular formula is C39H60O6. The highest BCUT2D eigenvalue weighted by molar-refractivity contribution is 6.01. The van der Waals surface area contributed by atoms with Crippen LogP contribution in [0.2, 0.25) is 0 Å². The summed E-state index contributed by atoms with van der Waals surface area (Å²) >= 11 is 0. The van der Waals surface area contributed by atoms with Crippen LogP contribution in [-0.4, -0.2) is 46.1 Å². The van der Waals surface area contributed by atoms with Crippen LogP contribution in [0.1, 0.15) is 143 Å². The molecule has 2 N–H and O–H groups in total. The number of ketones is 2. The Hall–Kier alpha value is -2.05. The number of allylic oxidation sites excluding steroid dienone is 6. The van der Waals surface area contributed by atoms with Gasteiger partial charge in [0.15, 0.2) is 11.6 Å². The van der Waals surface area contributed by atoms with Crippen LogP contribution in [0.5, 0.6) is 0 Å². The zero-order valence-electron chi connectivity index (χ0n) is 28.4. The van der Waals surface area contributed by atoms with E-state index in [1.165, 1.54) is 57.8 Å². The summed E-state index contributed by atoms with van der Waals surface area (Å²) in [6.07, 6.45) is 28.6.